The van der Waals surface area contributed by atoms with Gasteiger partial charge >= 0.3 is 11.9 Å². The van der Waals surface area contributed by atoms with Crippen LogP contribution in [0.15, 0.2) is 48.5 Å². The highest BCUT2D eigenvalue weighted by molar-refractivity contribution is 6.01. The zero-order chi connectivity index (χ0) is 19.4. The topological polar surface area (TPSA) is 121 Å². The second-order valence-corrected chi connectivity index (χ2v) is 6.19. The van der Waals surface area contributed by atoms with Crippen LogP contribution in [-0.4, -0.2) is 28.3 Å². The average molecular weight is 367 g/mol. The molecule has 2 aromatic carbocycles. The summed E-state index contributed by atoms with van der Waals surface area (Å²) in [6.45, 7) is 0.588. The van der Waals surface area contributed by atoms with Crippen molar-refractivity contribution in [3.8, 4) is 0 Å². The number of fused-ring (bicyclic) bond motifs is 1. The van der Waals surface area contributed by atoms with Gasteiger partial charge in [0, 0.05) is 5.39 Å². The molecule has 0 aliphatic carbocycles. The largest absolute Gasteiger partial charge is 0.477 e. The molecule has 27 heavy (non-hydrogen) atoms. The Morgan fingerprint density at radius 3 is 2.52 bits per heavy atom. The molecule has 0 saturated carbocycles. The van der Waals surface area contributed by atoms with E-state index in [0.717, 1.165) is 10.2 Å². The van der Waals surface area contributed by atoms with Crippen molar-refractivity contribution in [2.24, 2.45) is 5.73 Å². The first-order valence-corrected chi connectivity index (χ1v) is 8.59. The first-order valence-electron chi connectivity index (χ1n) is 8.59. The van der Waals surface area contributed by atoms with E-state index in [1.54, 1.807) is 18.2 Å². The molecule has 7 heteroatoms. The number of nitrogen functional groups attached to an aromatic ring is 1. The van der Waals surface area contributed by atoms with Crippen molar-refractivity contribution in [2.75, 3.05) is 12.4 Å². The second-order valence-electron chi connectivity index (χ2n) is 6.19. The van der Waals surface area contributed by atoms with E-state index in [-0.39, 0.29) is 12.3 Å². The maximum atomic E-state index is 12.4. The van der Waals surface area contributed by atoms with Gasteiger partial charge in [-0.05, 0) is 48.7 Å². The van der Waals surface area contributed by atoms with Crippen LogP contribution in [0.3, 0.4) is 0 Å². The summed E-state index contributed by atoms with van der Waals surface area (Å²) in [6.07, 6.45) is 1.07. The quantitative estimate of drug-likeness (QED) is 0.435. The summed E-state index contributed by atoms with van der Waals surface area (Å²) in [6, 6.07) is 14.2. The molecular formula is C20H21N3O4. The van der Waals surface area contributed by atoms with Gasteiger partial charge in [-0.2, -0.15) is 0 Å². The third-order valence-electron chi connectivity index (χ3n) is 4.39. The number of rotatable bonds is 7. The van der Waals surface area contributed by atoms with Crippen LogP contribution in [0.2, 0.25) is 0 Å². The Morgan fingerprint density at radius 2 is 1.85 bits per heavy atom. The van der Waals surface area contributed by atoms with Gasteiger partial charge in [0.2, 0.25) is 0 Å². The molecule has 7 nitrogen and oxygen atoms in total. The summed E-state index contributed by atoms with van der Waals surface area (Å²) in [7, 11) is 0. The SMILES string of the molecule is NCCCc1c(C(=O)O)n(N)c2ccc(C(=O)OCc3ccccc3)cc12. The van der Waals surface area contributed by atoms with E-state index in [4.69, 9.17) is 16.3 Å². The first-order chi connectivity index (χ1) is 13.0. The van der Waals surface area contributed by atoms with E-state index in [1.165, 1.54) is 0 Å². The molecular weight excluding hydrogens is 346 g/mol. The van der Waals surface area contributed by atoms with Crippen LogP contribution < -0.4 is 11.6 Å². The Bertz CT molecular complexity index is 980. The molecule has 3 aromatic rings. The summed E-state index contributed by atoms with van der Waals surface area (Å²) in [5.41, 5.74) is 7.92. The number of carbonyl (C=O) groups is 2. The standard InChI is InChI=1S/C20H21N3O4/c21-10-4-7-15-16-11-14(8-9-17(16)23(22)18(15)19(24)25)20(26)27-12-13-5-2-1-3-6-13/h1-3,5-6,8-9,11H,4,7,10,12,21-22H2,(H,24,25). The number of nitrogens with zero attached hydrogens (tertiary/aromatic N) is 1. The normalized spacial score (nSPS) is 10.9. The molecule has 0 aliphatic heterocycles. The van der Waals surface area contributed by atoms with Crippen LogP contribution in [0.1, 0.15) is 38.4 Å². The lowest BCUT2D eigenvalue weighted by Crippen LogP contribution is -2.17. The highest BCUT2D eigenvalue weighted by Crippen LogP contribution is 2.27. The molecule has 0 spiro atoms. The van der Waals surface area contributed by atoms with Gasteiger partial charge in [0.15, 0.2) is 5.69 Å². The van der Waals surface area contributed by atoms with Crippen LogP contribution in [0, 0.1) is 0 Å². The lowest BCUT2D eigenvalue weighted by molar-refractivity contribution is 0.0472. The highest BCUT2D eigenvalue weighted by atomic mass is 16.5. The summed E-state index contributed by atoms with van der Waals surface area (Å²) < 4.78 is 6.50. The Labute approximate surface area is 156 Å². The molecule has 0 amide bonds. The van der Waals surface area contributed by atoms with Crippen LogP contribution in [0.4, 0.5) is 0 Å². The molecule has 1 heterocycles. The number of aryl methyl sites for hydroxylation is 1. The number of carboxylic acid groups (broad SMARTS) is 1. The molecule has 0 radical (unpaired) electrons. The molecule has 0 bridgehead atoms. The molecule has 1 aromatic heterocycles. The van der Waals surface area contributed by atoms with Gasteiger partial charge in [-0.3, -0.25) is 4.68 Å². The van der Waals surface area contributed by atoms with E-state index in [0.29, 0.717) is 41.4 Å². The van der Waals surface area contributed by atoms with Gasteiger partial charge in [-0.15, -0.1) is 0 Å². The Kier molecular flexibility index (Phi) is 5.42. The molecule has 0 atom stereocenters. The second kappa shape index (κ2) is 7.92. The minimum absolute atomic E-state index is 0.00764. The highest BCUT2D eigenvalue weighted by Gasteiger charge is 2.22. The van der Waals surface area contributed by atoms with E-state index in [2.05, 4.69) is 0 Å². The number of hydrogen-bond acceptors (Lipinski definition) is 5. The van der Waals surface area contributed by atoms with Crippen molar-refractivity contribution in [1.82, 2.24) is 4.68 Å². The number of hydrogen-bond donors (Lipinski definition) is 3. The Hall–Kier alpha value is -3.32. The number of aromatic nitrogens is 1. The van der Waals surface area contributed by atoms with Gasteiger partial charge in [-0.1, -0.05) is 30.3 Å². The van der Waals surface area contributed by atoms with E-state index in [9.17, 15) is 14.7 Å². The molecule has 0 saturated heterocycles. The van der Waals surface area contributed by atoms with Crippen LogP contribution in [-0.2, 0) is 17.8 Å². The van der Waals surface area contributed by atoms with Crippen molar-refractivity contribution < 1.29 is 19.4 Å². The Balaban J connectivity index is 1.93. The lowest BCUT2D eigenvalue weighted by Gasteiger charge is -2.06. The third kappa shape index (κ3) is 3.78. The predicted molar refractivity (Wildman–Crippen MR) is 102 cm³/mol. The van der Waals surface area contributed by atoms with Gasteiger partial charge in [0.1, 0.15) is 6.61 Å². The van der Waals surface area contributed by atoms with Crippen LogP contribution in [0.25, 0.3) is 10.9 Å². The van der Waals surface area contributed by atoms with Gasteiger partial charge in [0.25, 0.3) is 0 Å². The first kappa shape index (κ1) is 18.5. The monoisotopic (exact) mass is 367 g/mol. The zero-order valence-corrected chi connectivity index (χ0v) is 14.7. The van der Waals surface area contributed by atoms with Crippen LogP contribution in [0.5, 0.6) is 0 Å². The van der Waals surface area contributed by atoms with Crippen LogP contribution >= 0.6 is 0 Å². The number of esters is 1. The summed E-state index contributed by atoms with van der Waals surface area (Å²) in [5, 5.41) is 10.1. The molecule has 0 unspecified atom stereocenters. The smallest absolute Gasteiger partial charge is 0.354 e. The van der Waals surface area contributed by atoms with Gasteiger partial charge < -0.3 is 21.4 Å². The van der Waals surface area contributed by atoms with Gasteiger partial charge in [-0.25, -0.2) is 9.59 Å². The van der Waals surface area contributed by atoms with E-state index in [1.807, 2.05) is 30.3 Å². The minimum Gasteiger partial charge on any atom is -0.477 e. The molecule has 5 N–H and O–H groups in total. The molecule has 3 rings (SSSR count). The number of aromatic carboxylic acids is 1. The predicted octanol–water partition coefficient (Wildman–Crippen LogP) is 2.30. The van der Waals surface area contributed by atoms with Crippen molar-refractivity contribution >= 4 is 22.8 Å². The molecule has 0 fully saturated rings. The molecule has 0 aliphatic rings. The van der Waals surface area contributed by atoms with Crippen molar-refractivity contribution in [1.29, 1.82) is 0 Å². The fourth-order valence-corrected chi connectivity index (χ4v) is 3.08. The maximum Gasteiger partial charge on any atom is 0.354 e. The maximum absolute atomic E-state index is 12.4. The zero-order valence-electron chi connectivity index (χ0n) is 14.7. The van der Waals surface area contributed by atoms with Crippen molar-refractivity contribution in [3.05, 3.63) is 70.9 Å². The lowest BCUT2D eigenvalue weighted by atomic mass is 10.0. The molecule has 140 valence electrons. The number of benzene rings is 2. The third-order valence-corrected chi connectivity index (χ3v) is 4.39. The average Bonchev–Trinajstić information content (AvgIpc) is 2.96. The van der Waals surface area contributed by atoms with Crippen molar-refractivity contribution in [2.45, 2.75) is 19.4 Å². The fourth-order valence-electron chi connectivity index (χ4n) is 3.08. The number of nitrogens with two attached hydrogens (primary N) is 2. The number of carboxylic acids is 1. The van der Waals surface area contributed by atoms with E-state index >= 15 is 0 Å². The summed E-state index contributed by atoms with van der Waals surface area (Å²) in [5.74, 6) is 4.37. The fraction of sp³-hybridized carbons (Fsp3) is 0.200. The number of carbonyl (C=O) groups excluding carboxylic acids is 1. The Morgan fingerprint density at radius 1 is 1.11 bits per heavy atom. The summed E-state index contributed by atoms with van der Waals surface area (Å²) in [4.78, 5) is 24.0. The number of ether oxygens (including phenoxy) is 1. The van der Waals surface area contributed by atoms with Crippen molar-refractivity contribution in [3.63, 3.8) is 0 Å². The minimum atomic E-state index is -1.12. The van der Waals surface area contributed by atoms with E-state index < -0.39 is 11.9 Å². The summed E-state index contributed by atoms with van der Waals surface area (Å²) >= 11 is 0. The van der Waals surface area contributed by atoms with Gasteiger partial charge in [0.05, 0.1) is 11.1 Å².